The summed E-state index contributed by atoms with van der Waals surface area (Å²) in [5.41, 5.74) is 0.745. The first kappa shape index (κ1) is 15.1. The summed E-state index contributed by atoms with van der Waals surface area (Å²) in [5, 5.41) is 9.08. The van der Waals surface area contributed by atoms with E-state index >= 15 is 0 Å². The summed E-state index contributed by atoms with van der Waals surface area (Å²) in [4.78, 5) is 0.106. The summed E-state index contributed by atoms with van der Waals surface area (Å²) in [7, 11) is -3.66. The zero-order chi connectivity index (χ0) is 13.9. The third kappa shape index (κ3) is 3.76. The van der Waals surface area contributed by atoms with E-state index in [9.17, 15) is 12.8 Å². The first-order chi connectivity index (χ1) is 8.24. The maximum absolute atomic E-state index is 13.1. The van der Waals surface area contributed by atoms with Crippen LogP contribution in [0, 0.1) is 19.7 Å². The highest BCUT2D eigenvalue weighted by Crippen LogP contribution is 2.21. The van der Waals surface area contributed by atoms with Gasteiger partial charge in [-0.25, -0.2) is 17.5 Å². The van der Waals surface area contributed by atoms with Gasteiger partial charge in [0, 0.05) is 6.54 Å². The average Bonchev–Trinajstić information content (AvgIpc) is 2.13. The van der Waals surface area contributed by atoms with Crippen molar-refractivity contribution in [3.05, 3.63) is 29.1 Å². The molecule has 0 aliphatic heterocycles. The Morgan fingerprint density at radius 1 is 1.33 bits per heavy atom. The molecule has 0 bridgehead atoms. The standard InChI is InChI=1S/C12H18FNO3S/c1-8-6-11(13)7-9(2)12(8)18(16,17)14-5-4-10(3)15/h6-7,10,14-15H,4-5H2,1-3H3. The van der Waals surface area contributed by atoms with Crippen LogP contribution in [0.5, 0.6) is 0 Å². The lowest BCUT2D eigenvalue weighted by Gasteiger charge is -2.12. The molecule has 0 aliphatic rings. The predicted octanol–water partition coefficient (Wildman–Crippen LogP) is 1.49. The maximum atomic E-state index is 13.1. The smallest absolute Gasteiger partial charge is 0.241 e. The van der Waals surface area contributed by atoms with Gasteiger partial charge in [0.05, 0.1) is 11.0 Å². The van der Waals surface area contributed by atoms with E-state index in [1.807, 2.05) is 0 Å². The number of aliphatic hydroxyl groups is 1. The molecule has 1 atom stereocenters. The fourth-order valence-corrected chi connectivity index (χ4v) is 3.29. The van der Waals surface area contributed by atoms with Gasteiger partial charge in [0.25, 0.3) is 0 Å². The summed E-state index contributed by atoms with van der Waals surface area (Å²) >= 11 is 0. The summed E-state index contributed by atoms with van der Waals surface area (Å²) in [6, 6.07) is 2.38. The number of hydrogen-bond donors (Lipinski definition) is 2. The Morgan fingerprint density at radius 3 is 2.28 bits per heavy atom. The van der Waals surface area contributed by atoms with Crippen LogP contribution in [-0.4, -0.2) is 26.2 Å². The van der Waals surface area contributed by atoms with E-state index in [1.54, 1.807) is 20.8 Å². The molecule has 2 N–H and O–H groups in total. The third-order valence-electron chi connectivity index (χ3n) is 2.55. The van der Waals surface area contributed by atoms with Crippen molar-refractivity contribution in [2.45, 2.75) is 38.2 Å². The van der Waals surface area contributed by atoms with Crippen molar-refractivity contribution in [1.29, 1.82) is 0 Å². The SMILES string of the molecule is Cc1cc(F)cc(C)c1S(=O)(=O)NCCC(C)O. The second-order valence-corrected chi connectivity index (χ2v) is 6.11. The van der Waals surface area contributed by atoms with Crippen LogP contribution in [0.25, 0.3) is 0 Å². The van der Waals surface area contributed by atoms with E-state index in [0.29, 0.717) is 17.5 Å². The Balaban J connectivity index is 2.99. The number of halogens is 1. The van der Waals surface area contributed by atoms with Crippen LogP contribution in [0.2, 0.25) is 0 Å². The van der Waals surface area contributed by atoms with Crippen LogP contribution >= 0.6 is 0 Å². The van der Waals surface area contributed by atoms with Crippen molar-refractivity contribution in [3.63, 3.8) is 0 Å². The van der Waals surface area contributed by atoms with Crippen molar-refractivity contribution in [2.75, 3.05) is 6.54 Å². The van der Waals surface area contributed by atoms with Crippen molar-refractivity contribution >= 4 is 10.0 Å². The van der Waals surface area contributed by atoms with Gasteiger partial charge in [-0.05, 0) is 50.5 Å². The Morgan fingerprint density at radius 2 is 1.83 bits per heavy atom. The minimum atomic E-state index is -3.66. The molecule has 1 aromatic carbocycles. The number of benzene rings is 1. The van der Waals surface area contributed by atoms with Crippen LogP contribution in [0.4, 0.5) is 4.39 Å². The third-order valence-corrected chi connectivity index (χ3v) is 4.31. The van der Waals surface area contributed by atoms with Gasteiger partial charge in [0.2, 0.25) is 10.0 Å². The first-order valence-corrected chi connectivity index (χ1v) is 7.17. The second kappa shape index (κ2) is 5.77. The molecule has 0 heterocycles. The fourth-order valence-electron chi connectivity index (χ4n) is 1.80. The number of hydrogen-bond acceptors (Lipinski definition) is 3. The normalized spacial score (nSPS) is 13.6. The van der Waals surface area contributed by atoms with Crippen LogP contribution < -0.4 is 4.72 Å². The molecule has 0 aliphatic carbocycles. The van der Waals surface area contributed by atoms with Crippen LogP contribution in [0.15, 0.2) is 17.0 Å². The average molecular weight is 275 g/mol. The molecule has 1 aromatic rings. The van der Waals surface area contributed by atoms with Crippen molar-refractivity contribution in [1.82, 2.24) is 4.72 Å². The molecule has 18 heavy (non-hydrogen) atoms. The zero-order valence-electron chi connectivity index (χ0n) is 10.7. The fraction of sp³-hybridized carbons (Fsp3) is 0.500. The second-order valence-electron chi connectivity index (χ2n) is 4.40. The predicted molar refractivity (Wildman–Crippen MR) is 67.4 cm³/mol. The van der Waals surface area contributed by atoms with Crippen molar-refractivity contribution in [3.8, 4) is 0 Å². The van der Waals surface area contributed by atoms with E-state index in [-0.39, 0.29) is 11.4 Å². The molecule has 0 saturated carbocycles. The number of rotatable bonds is 5. The summed E-state index contributed by atoms with van der Waals surface area (Å²) < 4.78 is 39.6. The van der Waals surface area contributed by atoms with Gasteiger partial charge in [0.1, 0.15) is 5.82 Å². The Labute approximate surface area is 107 Å². The van der Waals surface area contributed by atoms with Crippen molar-refractivity contribution in [2.24, 2.45) is 0 Å². The van der Waals surface area contributed by atoms with E-state index in [0.717, 1.165) is 0 Å². The molecule has 102 valence electrons. The Bertz CT molecular complexity index is 503. The van der Waals surface area contributed by atoms with E-state index in [4.69, 9.17) is 5.11 Å². The van der Waals surface area contributed by atoms with E-state index < -0.39 is 21.9 Å². The van der Waals surface area contributed by atoms with E-state index in [2.05, 4.69) is 4.72 Å². The number of nitrogens with one attached hydrogen (secondary N) is 1. The maximum Gasteiger partial charge on any atom is 0.241 e. The number of aliphatic hydroxyl groups excluding tert-OH is 1. The zero-order valence-corrected chi connectivity index (χ0v) is 11.5. The quantitative estimate of drug-likeness (QED) is 0.855. The molecule has 0 amide bonds. The summed E-state index contributed by atoms with van der Waals surface area (Å²) in [5.74, 6) is -0.451. The minimum absolute atomic E-state index is 0.106. The minimum Gasteiger partial charge on any atom is -0.393 e. The van der Waals surface area contributed by atoms with Gasteiger partial charge in [-0.1, -0.05) is 0 Å². The molecule has 0 radical (unpaired) electrons. The van der Waals surface area contributed by atoms with Crippen LogP contribution in [-0.2, 0) is 10.0 Å². The topological polar surface area (TPSA) is 66.4 Å². The van der Waals surface area contributed by atoms with Crippen LogP contribution in [0.1, 0.15) is 24.5 Å². The van der Waals surface area contributed by atoms with Gasteiger partial charge in [0.15, 0.2) is 0 Å². The molecule has 1 unspecified atom stereocenters. The Hall–Kier alpha value is -0.980. The molecule has 0 spiro atoms. The molecule has 0 aromatic heterocycles. The first-order valence-electron chi connectivity index (χ1n) is 5.68. The van der Waals surface area contributed by atoms with E-state index in [1.165, 1.54) is 12.1 Å². The highest BCUT2D eigenvalue weighted by Gasteiger charge is 2.19. The largest absolute Gasteiger partial charge is 0.393 e. The molecular formula is C12H18FNO3S. The molecule has 0 saturated heterocycles. The lowest BCUT2D eigenvalue weighted by atomic mass is 10.1. The molecular weight excluding hydrogens is 257 g/mol. The molecule has 1 rings (SSSR count). The monoisotopic (exact) mass is 275 g/mol. The van der Waals surface area contributed by atoms with Crippen LogP contribution in [0.3, 0.4) is 0 Å². The molecule has 6 heteroatoms. The summed E-state index contributed by atoms with van der Waals surface area (Å²) in [6.45, 7) is 4.84. The molecule has 4 nitrogen and oxygen atoms in total. The Kier molecular flexibility index (Phi) is 4.84. The van der Waals surface area contributed by atoms with Gasteiger partial charge in [-0.15, -0.1) is 0 Å². The highest BCUT2D eigenvalue weighted by molar-refractivity contribution is 7.89. The van der Waals surface area contributed by atoms with Gasteiger partial charge < -0.3 is 5.11 Å². The lowest BCUT2D eigenvalue weighted by Crippen LogP contribution is -2.28. The molecule has 0 fully saturated rings. The van der Waals surface area contributed by atoms with Gasteiger partial charge in [-0.2, -0.15) is 0 Å². The summed E-state index contributed by atoms with van der Waals surface area (Å²) in [6.07, 6.45) is -0.235. The number of sulfonamides is 1. The number of aryl methyl sites for hydroxylation is 2. The van der Waals surface area contributed by atoms with Crippen molar-refractivity contribution < 1.29 is 17.9 Å². The highest BCUT2D eigenvalue weighted by atomic mass is 32.2. The van der Waals surface area contributed by atoms with Gasteiger partial charge >= 0.3 is 0 Å². The lowest BCUT2D eigenvalue weighted by molar-refractivity contribution is 0.186. The van der Waals surface area contributed by atoms with Gasteiger partial charge in [-0.3, -0.25) is 0 Å².